The van der Waals surface area contributed by atoms with Gasteiger partial charge in [-0.1, -0.05) is 12.5 Å². The number of aryl methyl sites for hydroxylation is 1. The molecule has 0 unspecified atom stereocenters. The van der Waals surface area contributed by atoms with Gasteiger partial charge in [-0.3, -0.25) is 9.59 Å². The SMILES string of the molecule is Cc1cccc(C(=O)NC[C@@H]2CN(C3CCN(C4CCC4)CC3)C(=O)CO2)n1. The summed E-state index contributed by atoms with van der Waals surface area (Å²) >= 11 is 0. The van der Waals surface area contributed by atoms with Crippen LogP contribution >= 0.6 is 0 Å². The highest BCUT2D eigenvalue weighted by Gasteiger charge is 2.35. The predicted molar refractivity (Wildman–Crippen MR) is 105 cm³/mol. The van der Waals surface area contributed by atoms with Crippen LogP contribution in [-0.2, 0) is 9.53 Å². The van der Waals surface area contributed by atoms with Crippen LogP contribution in [0.25, 0.3) is 0 Å². The summed E-state index contributed by atoms with van der Waals surface area (Å²) in [6, 6.07) is 6.46. The first-order chi connectivity index (χ1) is 13.6. The number of morpholine rings is 1. The Kier molecular flexibility index (Phi) is 5.92. The van der Waals surface area contributed by atoms with Crippen molar-refractivity contribution in [2.75, 3.05) is 32.8 Å². The quantitative estimate of drug-likeness (QED) is 0.827. The van der Waals surface area contributed by atoms with Crippen molar-refractivity contribution in [2.45, 2.75) is 57.2 Å². The summed E-state index contributed by atoms with van der Waals surface area (Å²) in [7, 11) is 0. The maximum Gasteiger partial charge on any atom is 0.269 e. The van der Waals surface area contributed by atoms with Crippen molar-refractivity contribution in [3.63, 3.8) is 0 Å². The molecule has 3 fully saturated rings. The zero-order chi connectivity index (χ0) is 19.5. The number of piperidine rings is 1. The monoisotopic (exact) mass is 386 g/mol. The molecule has 7 heteroatoms. The van der Waals surface area contributed by atoms with Crippen molar-refractivity contribution in [2.24, 2.45) is 0 Å². The van der Waals surface area contributed by atoms with E-state index < -0.39 is 0 Å². The largest absolute Gasteiger partial charge is 0.365 e. The van der Waals surface area contributed by atoms with Gasteiger partial charge in [0.15, 0.2) is 0 Å². The predicted octanol–water partition coefficient (Wildman–Crippen LogP) is 1.36. The standard InChI is InChI=1S/C21H30N4O3/c1-15-4-2-7-19(23-15)21(27)22-12-18-13-25(20(26)14-28-18)17-8-10-24(11-9-17)16-5-3-6-16/h2,4,7,16-18H,3,5-6,8-14H2,1H3,(H,22,27)/t18-/m1/s1. The number of ether oxygens (including phenoxy) is 1. The molecule has 0 aromatic carbocycles. The molecule has 152 valence electrons. The minimum Gasteiger partial charge on any atom is -0.365 e. The lowest BCUT2D eigenvalue weighted by atomic mass is 9.89. The highest BCUT2D eigenvalue weighted by atomic mass is 16.5. The Bertz CT molecular complexity index is 713. The van der Waals surface area contributed by atoms with Gasteiger partial charge < -0.3 is 19.9 Å². The molecule has 0 spiro atoms. The Morgan fingerprint density at radius 3 is 2.68 bits per heavy atom. The second kappa shape index (κ2) is 8.57. The Morgan fingerprint density at radius 1 is 1.21 bits per heavy atom. The van der Waals surface area contributed by atoms with Crippen molar-refractivity contribution in [1.29, 1.82) is 0 Å². The first kappa shape index (κ1) is 19.3. The number of nitrogens with zero attached hydrogens (tertiary/aromatic N) is 3. The molecular weight excluding hydrogens is 356 g/mol. The number of carbonyl (C=O) groups excluding carboxylic acids is 2. The van der Waals surface area contributed by atoms with E-state index in [4.69, 9.17) is 4.74 Å². The molecule has 0 radical (unpaired) electrons. The zero-order valence-corrected chi connectivity index (χ0v) is 16.6. The van der Waals surface area contributed by atoms with Crippen LogP contribution in [-0.4, -0.2) is 77.6 Å². The molecule has 2 saturated heterocycles. The molecule has 2 aliphatic heterocycles. The topological polar surface area (TPSA) is 74.8 Å². The van der Waals surface area contributed by atoms with E-state index in [1.54, 1.807) is 6.07 Å². The lowest BCUT2D eigenvalue weighted by Gasteiger charge is -2.45. The van der Waals surface area contributed by atoms with Crippen LogP contribution in [0.4, 0.5) is 0 Å². The van der Waals surface area contributed by atoms with Crippen LogP contribution in [0.15, 0.2) is 18.2 Å². The van der Waals surface area contributed by atoms with Gasteiger partial charge >= 0.3 is 0 Å². The van der Waals surface area contributed by atoms with E-state index in [9.17, 15) is 9.59 Å². The second-order valence-electron chi connectivity index (χ2n) is 8.21. The third-order valence-electron chi connectivity index (χ3n) is 6.31. The number of rotatable bonds is 5. The minimum atomic E-state index is -0.204. The highest BCUT2D eigenvalue weighted by molar-refractivity contribution is 5.92. The van der Waals surface area contributed by atoms with Gasteiger partial charge in [0, 0.05) is 44.0 Å². The van der Waals surface area contributed by atoms with E-state index in [1.165, 1.54) is 19.3 Å². The smallest absolute Gasteiger partial charge is 0.269 e. The molecule has 1 atom stereocenters. The second-order valence-corrected chi connectivity index (χ2v) is 8.21. The Hall–Kier alpha value is -1.99. The average Bonchev–Trinajstić information content (AvgIpc) is 2.66. The molecule has 4 rings (SSSR count). The lowest BCUT2D eigenvalue weighted by Crippen LogP contribution is -2.57. The van der Waals surface area contributed by atoms with Crippen LogP contribution in [0.3, 0.4) is 0 Å². The highest BCUT2D eigenvalue weighted by Crippen LogP contribution is 2.29. The van der Waals surface area contributed by atoms with Crippen LogP contribution in [0, 0.1) is 6.92 Å². The normalized spacial score (nSPS) is 24.8. The molecule has 28 heavy (non-hydrogen) atoms. The van der Waals surface area contributed by atoms with E-state index in [1.807, 2.05) is 24.0 Å². The zero-order valence-electron chi connectivity index (χ0n) is 16.6. The van der Waals surface area contributed by atoms with E-state index in [2.05, 4.69) is 15.2 Å². The summed E-state index contributed by atoms with van der Waals surface area (Å²) in [5.41, 5.74) is 1.22. The van der Waals surface area contributed by atoms with E-state index in [-0.39, 0.29) is 24.5 Å². The third-order valence-corrected chi connectivity index (χ3v) is 6.31. The van der Waals surface area contributed by atoms with Crippen LogP contribution in [0.5, 0.6) is 0 Å². The van der Waals surface area contributed by atoms with Gasteiger partial charge in [0.1, 0.15) is 12.3 Å². The average molecular weight is 386 g/mol. The minimum absolute atomic E-state index is 0.0741. The first-order valence-corrected chi connectivity index (χ1v) is 10.5. The third kappa shape index (κ3) is 4.36. The Balaban J connectivity index is 1.27. The van der Waals surface area contributed by atoms with Crippen molar-refractivity contribution in [3.8, 4) is 0 Å². The number of aromatic nitrogens is 1. The van der Waals surface area contributed by atoms with Crippen LogP contribution < -0.4 is 5.32 Å². The summed E-state index contributed by atoms with van der Waals surface area (Å²) < 4.78 is 5.67. The van der Waals surface area contributed by atoms with Crippen molar-refractivity contribution in [1.82, 2.24) is 20.1 Å². The summed E-state index contributed by atoms with van der Waals surface area (Å²) in [5, 5.41) is 2.90. The van der Waals surface area contributed by atoms with E-state index >= 15 is 0 Å². The summed E-state index contributed by atoms with van der Waals surface area (Å²) in [5.74, 6) is -0.130. The molecule has 0 bridgehead atoms. The van der Waals surface area contributed by atoms with Gasteiger partial charge in [-0.05, 0) is 44.7 Å². The molecule has 7 nitrogen and oxygen atoms in total. The fourth-order valence-electron chi connectivity index (χ4n) is 4.40. The van der Waals surface area contributed by atoms with E-state index in [0.717, 1.165) is 37.7 Å². The Morgan fingerprint density at radius 2 is 2.00 bits per heavy atom. The van der Waals surface area contributed by atoms with Gasteiger partial charge in [0.05, 0.1) is 6.10 Å². The van der Waals surface area contributed by atoms with Gasteiger partial charge in [-0.2, -0.15) is 0 Å². The van der Waals surface area contributed by atoms with Gasteiger partial charge in [-0.15, -0.1) is 0 Å². The number of carbonyl (C=O) groups is 2. The molecule has 3 heterocycles. The molecule has 3 aliphatic rings. The molecule has 1 saturated carbocycles. The first-order valence-electron chi connectivity index (χ1n) is 10.5. The molecule has 1 aromatic rings. The van der Waals surface area contributed by atoms with Crippen molar-refractivity contribution >= 4 is 11.8 Å². The molecule has 1 N–H and O–H groups in total. The van der Waals surface area contributed by atoms with Gasteiger partial charge in [0.25, 0.3) is 5.91 Å². The van der Waals surface area contributed by atoms with Gasteiger partial charge in [0.2, 0.25) is 5.91 Å². The number of nitrogens with one attached hydrogen (secondary N) is 1. The van der Waals surface area contributed by atoms with Gasteiger partial charge in [-0.25, -0.2) is 4.98 Å². The fraction of sp³-hybridized carbons (Fsp3) is 0.667. The molecule has 1 aromatic heterocycles. The number of hydrogen-bond donors (Lipinski definition) is 1. The maximum absolute atomic E-state index is 12.4. The molecule has 2 amide bonds. The van der Waals surface area contributed by atoms with Crippen LogP contribution in [0.1, 0.15) is 48.3 Å². The van der Waals surface area contributed by atoms with Crippen molar-refractivity contribution in [3.05, 3.63) is 29.6 Å². The van der Waals surface area contributed by atoms with Crippen molar-refractivity contribution < 1.29 is 14.3 Å². The number of amides is 2. The summed E-state index contributed by atoms with van der Waals surface area (Å²) in [4.78, 5) is 33.5. The Labute approximate surface area is 166 Å². The summed E-state index contributed by atoms with van der Waals surface area (Å²) in [6.45, 7) is 5.07. The molecule has 1 aliphatic carbocycles. The van der Waals surface area contributed by atoms with Crippen LogP contribution in [0.2, 0.25) is 0 Å². The fourth-order valence-corrected chi connectivity index (χ4v) is 4.40. The number of pyridine rings is 1. The molecular formula is C21H30N4O3. The lowest BCUT2D eigenvalue weighted by molar-refractivity contribution is -0.153. The summed E-state index contributed by atoms with van der Waals surface area (Å²) in [6.07, 6.45) is 5.93. The number of likely N-dealkylation sites (tertiary alicyclic amines) is 1. The maximum atomic E-state index is 12.4. The number of hydrogen-bond acceptors (Lipinski definition) is 5. The van der Waals surface area contributed by atoms with E-state index in [0.29, 0.717) is 24.8 Å².